The van der Waals surface area contributed by atoms with E-state index < -0.39 is 17.2 Å². The minimum absolute atomic E-state index is 0.168. The second-order valence-electron chi connectivity index (χ2n) is 5.69. The molecule has 134 valence electrons. The smallest absolute Gasteiger partial charge is 0.329 e. The van der Waals surface area contributed by atoms with E-state index in [-0.39, 0.29) is 16.6 Å². The van der Waals surface area contributed by atoms with E-state index in [4.69, 9.17) is 4.74 Å². The van der Waals surface area contributed by atoms with Crippen molar-refractivity contribution < 1.29 is 9.53 Å². The molecule has 2 heterocycles. The fourth-order valence-corrected chi connectivity index (χ4v) is 2.63. The van der Waals surface area contributed by atoms with Crippen LogP contribution in [0.5, 0.6) is 5.75 Å². The number of rotatable bonds is 4. The van der Waals surface area contributed by atoms with Crippen LogP contribution in [0.3, 0.4) is 0 Å². The molecule has 2 N–H and O–H groups in total. The number of anilines is 1. The van der Waals surface area contributed by atoms with E-state index in [1.807, 2.05) is 13.0 Å². The van der Waals surface area contributed by atoms with Crippen LogP contribution < -0.4 is 21.3 Å². The van der Waals surface area contributed by atoms with Gasteiger partial charge in [0.25, 0.3) is 11.5 Å². The molecule has 0 unspecified atom stereocenters. The van der Waals surface area contributed by atoms with Crippen LogP contribution in [0, 0.1) is 6.92 Å². The van der Waals surface area contributed by atoms with Gasteiger partial charge in [-0.05, 0) is 32.0 Å². The average molecular weight is 354 g/mol. The number of aromatic nitrogens is 3. The van der Waals surface area contributed by atoms with Gasteiger partial charge in [-0.15, -0.1) is 0 Å². The third-order valence-corrected chi connectivity index (χ3v) is 3.96. The predicted molar refractivity (Wildman–Crippen MR) is 97.9 cm³/mol. The summed E-state index contributed by atoms with van der Waals surface area (Å²) in [6, 6.07) is 8.51. The Hall–Kier alpha value is -3.42. The largest absolute Gasteiger partial charge is 0.492 e. The van der Waals surface area contributed by atoms with Gasteiger partial charge in [-0.3, -0.25) is 19.1 Å². The highest BCUT2D eigenvalue weighted by atomic mass is 16.5. The molecule has 2 aromatic heterocycles. The van der Waals surface area contributed by atoms with Gasteiger partial charge < -0.3 is 10.1 Å². The number of hydrogen-bond acceptors (Lipinski definition) is 5. The van der Waals surface area contributed by atoms with E-state index in [2.05, 4.69) is 15.3 Å². The quantitative estimate of drug-likeness (QED) is 0.740. The summed E-state index contributed by atoms with van der Waals surface area (Å²) in [7, 11) is 1.51. The van der Waals surface area contributed by atoms with Gasteiger partial charge in [0.15, 0.2) is 0 Å². The highest BCUT2D eigenvalue weighted by Gasteiger charge is 2.16. The first-order valence-electron chi connectivity index (χ1n) is 8.06. The predicted octanol–water partition coefficient (Wildman–Crippen LogP) is 1.58. The number of fused-ring (bicyclic) bond motifs is 1. The number of nitrogens with zero attached hydrogens (tertiary/aromatic N) is 2. The van der Waals surface area contributed by atoms with E-state index in [0.29, 0.717) is 23.7 Å². The molecule has 0 spiro atoms. The van der Waals surface area contributed by atoms with E-state index in [0.717, 1.165) is 0 Å². The lowest BCUT2D eigenvalue weighted by Gasteiger charge is -2.13. The van der Waals surface area contributed by atoms with Gasteiger partial charge in [0.2, 0.25) is 0 Å². The van der Waals surface area contributed by atoms with Crippen LogP contribution in [-0.4, -0.2) is 27.0 Å². The fourth-order valence-electron chi connectivity index (χ4n) is 2.63. The standard InChI is InChI=1S/C18H18N4O4/c1-4-26-14-8-6-5-7-13(14)20-16(23)11-9-12-15(19-10(11)2)22(3)18(25)21-17(12)24/h5-9H,4H2,1-3H3,(H,20,23)(H,21,24,25). The number of hydrogen-bond donors (Lipinski definition) is 2. The van der Waals surface area contributed by atoms with Crippen molar-refractivity contribution >= 4 is 22.6 Å². The van der Waals surface area contributed by atoms with Gasteiger partial charge in [-0.2, -0.15) is 0 Å². The monoisotopic (exact) mass is 354 g/mol. The lowest BCUT2D eigenvalue weighted by atomic mass is 10.1. The zero-order valence-electron chi connectivity index (χ0n) is 14.6. The van der Waals surface area contributed by atoms with E-state index in [9.17, 15) is 14.4 Å². The number of carbonyl (C=O) groups excluding carboxylic acids is 1. The topological polar surface area (TPSA) is 106 Å². The Morgan fingerprint density at radius 3 is 2.77 bits per heavy atom. The molecule has 3 aromatic rings. The lowest BCUT2D eigenvalue weighted by molar-refractivity contribution is 0.102. The maximum Gasteiger partial charge on any atom is 0.329 e. The molecule has 0 atom stereocenters. The molecule has 0 aliphatic rings. The molecule has 0 fully saturated rings. The van der Waals surface area contributed by atoms with Crippen molar-refractivity contribution in [3.63, 3.8) is 0 Å². The van der Waals surface area contributed by atoms with Crippen LogP contribution in [0.1, 0.15) is 23.0 Å². The summed E-state index contributed by atoms with van der Waals surface area (Å²) in [5.41, 5.74) is 0.254. The maximum atomic E-state index is 12.7. The molecule has 26 heavy (non-hydrogen) atoms. The first-order valence-corrected chi connectivity index (χ1v) is 8.06. The molecule has 8 nitrogen and oxygen atoms in total. The second kappa shape index (κ2) is 6.83. The lowest BCUT2D eigenvalue weighted by Crippen LogP contribution is -2.29. The molecule has 3 rings (SSSR count). The molecule has 0 saturated carbocycles. The van der Waals surface area contributed by atoms with E-state index in [1.165, 1.54) is 17.7 Å². The number of aromatic amines is 1. The van der Waals surface area contributed by atoms with Gasteiger partial charge in [0.1, 0.15) is 11.4 Å². The number of benzene rings is 1. The van der Waals surface area contributed by atoms with Crippen molar-refractivity contribution in [1.29, 1.82) is 0 Å². The Labute approximate surface area is 148 Å². The summed E-state index contributed by atoms with van der Waals surface area (Å²) in [4.78, 5) is 43.0. The van der Waals surface area contributed by atoms with Crippen LogP contribution in [0.25, 0.3) is 11.0 Å². The number of amides is 1. The Balaban J connectivity index is 2.06. The summed E-state index contributed by atoms with van der Waals surface area (Å²) in [6.45, 7) is 3.97. The zero-order valence-corrected chi connectivity index (χ0v) is 14.6. The molecule has 0 bridgehead atoms. The second-order valence-corrected chi connectivity index (χ2v) is 5.69. The number of aryl methyl sites for hydroxylation is 2. The van der Waals surface area contributed by atoms with Crippen molar-refractivity contribution in [2.24, 2.45) is 7.05 Å². The van der Waals surface area contributed by atoms with Gasteiger partial charge in [0.05, 0.1) is 28.9 Å². The average Bonchev–Trinajstić information content (AvgIpc) is 2.61. The van der Waals surface area contributed by atoms with Crippen LogP contribution in [0.2, 0.25) is 0 Å². The van der Waals surface area contributed by atoms with E-state index >= 15 is 0 Å². The minimum atomic E-state index is -0.584. The van der Waals surface area contributed by atoms with Crippen molar-refractivity contribution in [1.82, 2.24) is 14.5 Å². The molecule has 8 heteroatoms. The third kappa shape index (κ3) is 3.08. The molecule has 0 saturated heterocycles. The molecule has 1 amide bonds. The first kappa shape index (κ1) is 17.4. The maximum absolute atomic E-state index is 12.7. The molecule has 1 aromatic carbocycles. The number of carbonyl (C=O) groups is 1. The van der Waals surface area contributed by atoms with Crippen molar-refractivity contribution in [2.75, 3.05) is 11.9 Å². The Morgan fingerprint density at radius 2 is 2.04 bits per heavy atom. The Kier molecular flexibility index (Phi) is 4.57. The number of H-pyrrole nitrogens is 1. The van der Waals surface area contributed by atoms with E-state index in [1.54, 1.807) is 25.1 Å². The molecule has 0 aliphatic carbocycles. The zero-order chi connectivity index (χ0) is 18.8. The number of nitrogens with one attached hydrogen (secondary N) is 2. The Morgan fingerprint density at radius 1 is 1.31 bits per heavy atom. The minimum Gasteiger partial charge on any atom is -0.492 e. The van der Waals surface area contributed by atoms with Gasteiger partial charge >= 0.3 is 5.69 Å². The normalized spacial score (nSPS) is 10.7. The number of para-hydroxylation sites is 2. The Bertz CT molecular complexity index is 1110. The van der Waals surface area contributed by atoms with Crippen molar-refractivity contribution in [2.45, 2.75) is 13.8 Å². The number of pyridine rings is 1. The SMILES string of the molecule is CCOc1ccccc1NC(=O)c1cc2c(=O)[nH]c(=O)n(C)c2nc1C. The van der Waals surface area contributed by atoms with Gasteiger partial charge in [-0.1, -0.05) is 12.1 Å². The molecular formula is C18H18N4O4. The molecular weight excluding hydrogens is 336 g/mol. The summed E-state index contributed by atoms with van der Waals surface area (Å²) in [5, 5.41) is 2.95. The highest BCUT2D eigenvalue weighted by molar-refractivity contribution is 6.07. The van der Waals surface area contributed by atoms with Crippen LogP contribution in [-0.2, 0) is 7.05 Å². The van der Waals surface area contributed by atoms with Crippen LogP contribution >= 0.6 is 0 Å². The molecule has 0 aliphatic heterocycles. The van der Waals surface area contributed by atoms with Gasteiger partial charge in [-0.25, -0.2) is 9.78 Å². The summed E-state index contributed by atoms with van der Waals surface area (Å²) in [6.07, 6.45) is 0. The fraction of sp³-hybridized carbons (Fsp3) is 0.222. The van der Waals surface area contributed by atoms with Crippen LogP contribution in [0.4, 0.5) is 5.69 Å². The van der Waals surface area contributed by atoms with Gasteiger partial charge in [0, 0.05) is 7.05 Å². The molecule has 0 radical (unpaired) electrons. The first-order chi connectivity index (χ1) is 12.4. The van der Waals surface area contributed by atoms with Crippen LogP contribution in [0.15, 0.2) is 39.9 Å². The number of ether oxygens (including phenoxy) is 1. The highest BCUT2D eigenvalue weighted by Crippen LogP contribution is 2.24. The third-order valence-electron chi connectivity index (χ3n) is 3.96. The summed E-state index contributed by atoms with van der Waals surface area (Å²) >= 11 is 0. The van der Waals surface area contributed by atoms with Crippen molar-refractivity contribution in [3.05, 3.63) is 62.4 Å². The summed E-state index contributed by atoms with van der Waals surface area (Å²) in [5.74, 6) is 0.132. The van der Waals surface area contributed by atoms with Crippen molar-refractivity contribution in [3.8, 4) is 5.75 Å². The summed E-state index contributed by atoms with van der Waals surface area (Å²) < 4.78 is 6.73.